The standard InChI is InChI=1S/C15H13ClOS/c1-10-3-5-14(11(2)7-10)18-15-6-4-12(9-17)8-13(15)16/h3-9H,1-2H3. The monoisotopic (exact) mass is 276 g/mol. The Morgan fingerprint density at radius 1 is 1.06 bits per heavy atom. The van der Waals surface area contributed by atoms with Gasteiger partial charge in [-0.3, -0.25) is 4.79 Å². The van der Waals surface area contributed by atoms with Gasteiger partial charge in [0.05, 0.1) is 5.02 Å². The first kappa shape index (κ1) is 13.2. The van der Waals surface area contributed by atoms with Crippen molar-refractivity contribution >= 4 is 29.6 Å². The number of halogens is 1. The van der Waals surface area contributed by atoms with Gasteiger partial charge >= 0.3 is 0 Å². The van der Waals surface area contributed by atoms with Crippen molar-refractivity contribution < 1.29 is 4.79 Å². The number of aryl methyl sites for hydroxylation is 2. The summed E-state index contributed by atoms with van der Waals surface area (Å²) >= 11 is 7.78. The minimum atomic E-state index is 0.602. The highest BCUT2D eigenvalue weighted by Gasteiger charge is 2.06. The van der Waals surface area contributed by atoms with E-state index < -0.39 is 0 Å². The largest absolute Gasteiger partial charge is 0.298 e. The Balaban J connectivity index is 2.31. The van der Waals surface area contributed by atoms with Crippen LogP contribution in [0.25, 0.3) is 0 Å². The number of carbonyl (C=O) groups excluding carboxylic acids is 1. The summed E-state index contributed by atoms with van der Waals surface area (Å²) < 4.78 is 0. The number of hydrogen-bond acceptors (Lipinski definition) is 2. The van der Waals surface area contributed by atoms with Crippen LogP contribution in [-0.4, -0.2) is 6.29 Å². The van der Waals surface area contributed by atoms with Crippen molar-refractivity contribution in [2.45, 2.75) is 23.6 Å². The minimum Gasteiger partial charge on any atom is -0.298 e. The highest BCUT2D eigenvalue weighted by molar-refractivity contribution is 7.99. The smallest absolute Gasteiger partial charge is 0.150 e. The normalized spacial score (nSPS) is 10.4. The summed E-state index contributed by atoms with van der Waals surface area (Å²) in [7, 11) is 0. The Bertz CT molecular complexity index is 593. The van der Waals surface area contributed by atoms with Crippen molar-refractivity contribution in [3.63, 3.8) is 0 Å². The minimum absolute atomic E-state index is 0.602. The van der Waals surface area contributed by atoms with Gasteiger partial charge in [0.15, 0.2) is 0 Å². The summed E-state index contributed by atoms with van der Waals surface area (Å²) in [5.41, 5.74) is 3.08. The fourth-order valence-corrected chi connectivity index (χ4v) is 2.90. The molecule has 0 heterocycles. The molecule has 0 aliphatic heterocycles. The maximum atomic E-state index is 10.7. The molecule has 3 heteroatoms. The summed E-state index contributed by atoms with van der Waals surface area (Å²) in [5.74, 6) is 0. The second kappa shape index (κ2) is 5.59. The van der Waals surface area contributed by atoms with Crippen LogP contribution in [0.5, 0.6) is 0 Å². The molecule has 0 saturated heterocycles. The van der Waals surface area contributed by atoms with Crippen LogP contribution >= 0.6 is 23.4 Å². The van der Waals surface area contributed by atoms with E-state index in [4.69, 9.17) is 11.6 Å². The Morgan fingerprint density at radius 3 is 2.39 bits per heavy atom. The van der Waals surface area contributed by atoms with Crippen molar-refractivity contribution in [3.05, 3.63) is 58.1 Å². The van der Waals surface area contributed by atoms with Crippen LogP contribution in [0.1, 0.15) is 21.5 Å². The molecule has 0 N–H and O–H groups in total. The van der Waals surface area contributed by atoms with Gasteiger partial charge in [-0.1, -0.05) is 47.1 Å². The van der Waals surface area contributed by atoms with Crippen LogP contribution < -0.4 is 0 Å². The Labute approximate surface area is 116 Å². The molecule has 0 aliphatic carbocycles. The predicted molar refractivity (Wildman–Crippen MR) is 76.9 cm³/mol. The Kier molecular flexibility index (Phi) is 4.10. The topological polar surface area (TPSA) is 17.1 Å². The lowest BCUT2D eigenvalue weighted by atomic mass is 10.2. The molecule has 0 aliphatic rings. The van der Waals surface area contributed by atoms with E-state index in [1.54, 1.807) is 23.9 Å². The van der Waals surface area contributed by atoms with Crippen molar-refractivity contribution in [1.29, 1.82) is 0 Å². The van der Waals surface area contributed by atoms with Gasteiger partial charge in [0.1, 0.15) is 6.29 Å². The van der Waals surface area contributed by atoms with Gasteiger partial charge in [-0.25, -0.2) is 0 Å². The molecule has 0 saturated carbocycles. The summed E-state index contributed by atoms with van der Waals surface area (Å²) in [6.45, 7) is 4.16. The first-order chi connectivity index (χ1) is 8.60. The van der Waals surface area contributed by atoms with E-state index in [0.29, 0.717) is 10.6 Å². The van der Waals surface area contributed by atoms with Gasteiger partial charge in [0, 0.05) is 15.4 Å². The quantitative estimate of drug-likeness (QED) is 0.740. The molecule has 0 spiro atoms. The van der Waals surface area contributed by atoms with Gasteiger partial charge < -0.3 is 0 Å². The number of hydrogen-bond donors (Lipinski definition) is 0. The molecule has 92 valence electrons. The SMILES string of the molecule is Cc1ccc(Sc2ccc(C=O)cc2Cl)c(C)c1. The van der Waals surface area contributed by atoms with Gasteiger partial charge in [-0.2, -0.15) is 0 Å². The van der Waals surface area contributed by atoms with Gasteiger partial charge in [0.25, 0.3) is 0 Å². The number of benzene rings is 2. The Hall–Kier alpha value is -1.25. The molecule has 1 nitrogen and oxygen atoms in total. The molecule has 18 heavy (non-hydrogen) atoms. The summed E-state index contributed by atoms with van der Waals surface area (Å²) in [6, 6.07) is 11.7. The molecule has 2 aromatic carbocycles. The van der Waals surface area contributed by atoms with Crippen LogP contribution in [0, 0.1) is 13.8 Å². The number of carbonyl (C=O) groups is 1. The average Bonchev–Trinajstić information content (AvgIpc) is 2.34. The van der Waals surface area contributed by atoms with Gasteiger partial charge in [-0.05, 0) is 37.6 Å². The third-order valence-corrected chi connectivity index (χ3v) is 4.32. The summed E-state index contributed by atoms with van der Waals surface area (Å²) in [4.78, 5) is 12.8. The van der Waals surface area contributed by atoms with E-state index in [1.165, 1.54) is 16.0 Å². The molecule has 0 atom stereocenters. The highest BCUT2D eigenvalue weighted by Crippen LogP contribution is 2.35. The highest BCUT2D eigenvalue weighted by atomic mass is 35.5. The number of aldehydes is 1. The second-order valence-corrected chi connectivity index (χ2v) is 5.67. The van der Waals surface area contributed by atoms with Crippen molar-refractivity contribution in [3.8, 4) is 0 Å². The molecule has 0 bridgehead atoms. The van der Waals surface area contributed by atoms with E-state index in [2.05, 4.69) is 32.0 Å². The van der Waals surface area contributed by atoms with E-state index in [9.17, 15) is 4.79 Å². The van der Waals surface area contributed by atoms with Gasteiger partial charge in [0.2, 0.25) is 0 Å². The average molecular weight is 277 g/mol. The maximum absolute atomic E-state index is 10.7. The fraction of sp³-hybridized carbons (Fsp3) is 0.133. The van der Waals surface area contributed by atoms with Crippen LogP contribution in [0.4, 0.5) is 0 Å². The van der Waals surface area contributed by atoms with Crippen molar-refractivity contribution in [2.75, 3.05) is 0 Å². The van der Waals surface area contributed by atoms with E-state index in [-0.39, 0.29) is 0 Å². The van der Waals surface area contributed by atoms with E-state index in [0.717, 1.165) is 11.2 Å². The molecule has 0 unspecified atom stereocenters. The van der Waals surface area contributed by atoms with Crippen LogP contribution in [0.2, 0.25) is 5.02 Å². The zero-order chi connectivity index (χ0) is 13.1. The number of rotatable bonds is 3. The predicted octanol–water partition coefficient (Wildman–Crippen LogP) is 4.92. The zero-order valence-corrected chi connectivity index (χ0v) is 11.8. The lowest BCUT2D eigenvalue weighted by Gasteiger charge is -2.08. The zero-order valence-electron chi connectivity index (χ0n) is 10.2. The van der Waals surface area contributed by atoms with Crippen LogP contribution in [0.3, 0.4) is 0 Å². The molecule has 0 aromatic heterocycles. The van der Waals surface area contributed by atoms with E-state index >= 15 is 0 Å². The van der Waals surface area contributed by atoms with Crippen LogP contribution in [0.15, 0.2) is 46.2 Å². The van der Waals surface area contributed by atoms with Crippen LogP contribution in [-0.2, 0) is 0 Å². The third kappa shape index (κ3) is 2.95. The van der Waals surface area contributed by atoms with E-state index in [1.807, 2.05) is 6.07 Å². The van der Waals surface area contributed by atoms with Crippen molar-refractivity contribution in [2.24, 2.45) is 0 Å². The Morgan fingerprint density at radius 2 is 1.78 bits per heavy atom. The molecule has 0 fully saturated rings. The third-order valence-electron chi connectivity index (χ3n) is 2.64. The molecule has 2 aromatic rings. The molecule has 0 radical (unpaired) electrons. The van der Waals surface area contributed by atoms with Crippen molar-refractivity contribution in [1.82, 2.24) is 0 Å². The first-order valence-corrected chi connectivity index (χ1v) is 6.79. The fourth-order valence-electron chi connectivity index (χ4n) is 1.71. The lowest BCUT2D eigenvalue weighted by Crippen LogP contribution is -1.84. The molecular weight excluding hydrogens is 264 g/mol. The second-order valence-electron chi connectivity index (χ2n) is 4.18. The lowest BCUT2D eigenvalue weighted by molar-refractivity contribution is 0.112. The first-order valence-electron chi connectivity index (χ1n) is 5.60. The summed E-state index contributed by atoms with van der Waals surface area (Å²) in [6.07, 6.45) is 0.803. The molecule has 0 amide bonds. The maximum Gasteiger partial charge on any atom is 0.150 e. The van der Waals surface area contributed by atoms with Gasteiger partial charge in [-0.15, -0.1) is 0 Å². The molecule has 2 rings (SSSR count). The summed E-state index contributed by atoms with van der Waals surface area (Å²) in [5, 5.41) is 0.615. The molecular formula is C15H13ClOS.